The SMILES string of the molecule is Cc1ccc([C@@H](CCCCc2cccnc2N)NCCc2ccc(C#N)cc2)cc1. The van der Waals surface area contributed by atoms with Gasteiger partial charge < -0.3 is 11.1 Å². The number of rotatable bonds is 10. The predicted molar refractivity (Wildman–Crippen MR) is 123 cm³/mol. The number of anilines is 1. The van der Waals surface area contributed by atoms with Crippen LogP contribution in [0.25, 0.3) is 0 Å². The van der Waals surface area contributed by atoms with Crippen LogP contribution in [-0.4, -0.2) is 11.5 Å². The first-order valence-corrected chi connectivity index (χ1v) is 10.6. The highest BCUT2D eigenvalue weighted by molar-refractivity contribution is 5.38. The summed E-state index contributed by atoms with van der Waals surface area (Å²) in [4.78, 5) is 4.18. The maximum Gasteiger partial charge on any atom is 0.126 e. The van der Waals surface area contributed by atoms with Crippen molar-refractivity contribution in [2.75, 3.05) is 12.3 Å². The van der Waals surface area contributed by atoms with E-state index in [1.807, 2.05) is 30.3 Å². The largest absolute Gasteiger partial charge is 0.383 e. The maximum atomic E-state index is 8.94. The van der Waals surface area contributed by atoms with E-state index in [9.17, 15) is 0 Å². The molecule has 2 aromatic carbocycles. The molecule has 0 saturated carbocycles. The van der Waals surface area contributed by atoms with Crippen LogP contribution in [0.4, 0.5) is 5.82 Å². The summed E-state index contributed by atoms with van der Waals surface area (Å²) in [5, 5.41) is 12.7. The van der Waals surface area contributed by atoms with Gasteiger partial charge in [-0.25, -0.2) is 4.98 Å². The third-order valence-electron chi connectivity index (χ3n) is 5.48. The van der Waals surface area contributed by atoms with Crippen molar-refractivity contribution in [2.24, 2.45) is 0 Å². The van der Waals surface area contributed by atoms with Gasteiger partial charge in [0.1, 0.15) is 5.82 Å². The van der Waals surface area contributed by atoms with Crippen LogP contribution in [0.15, 0.2) is 66.9 Å². The fourth-order valence-electron chi connectivity index (χ4n) is 3.65. The summed E-state index contributed by atoms with van der Waals surface area (Å²) >= 11 is 0. The summed E-state index contributed by atoms with van der Waals surface area (Å²) in [5.41, 5.74) is 11.7. The van der Waals surface area contributed by atoms with Crippen LogP contribution in [0.1, 0.15) is 53.1 Å². The van der Waals surface area contributed by atoms with Gasteiger partial charge in [-0.05, 0) is 74.0 Å². The minimum Gasteiger partial charge on any atom is -0.383 e. The molecule has 30 heavy (non-hydrogen) atoms. The Morgan fingerprint density at radius 2 is 1.77 bits per heavy atom. The summed E-state index contributed by atoms with van der Waals surface area (Å²) in [7, 11) is 0. The molecule has 3 N–H and O–H groups in total. The highest BCUT2D eigenvalue weighted by Gasteiger charge is 2.11. The van der Waals surface area contributed by atoms with Crippen molar-refractivity contribution in [3.05, 3.63) is 94.7 Å². The van der Waals surface area contributed by atoms with Crippen molar-refractivity contribution in [1.82, 2.24) is 10.3 Å². The molecule has 0 aliphatic carbocycles. The Morgan fingerprint density at radius 3 is 2.47 bits per heavy atom. The summed E-state index contributed by atoms with van der Waals surface area (Å²) in [5.74, 6) is 0.646. The van der Waals surface area contributed by atoms with Crippen molar-refractivity contribution in [1.29, 1.82) is 5.26 Å². The number of benzene rings is 2. The first kappa shape index (κ1) is 21.5. The van der Waals surface area contributed by atoms with Crippen LogP contribution in [0.2, 0.25) is 0 Å². The molecule has 4 nitrogen and oxygen atoms in total. The molecular formula is C26H30N4. The number of aryl methyl sites for hydroxylation is 2. The average Bonchev–Trinajstić information content (AvgIpc) is 2.77. The maximum absolute atomic E-state index is 8.94. The zero-order valence-electron chi connectivity index (χ0n) is 17.6. The molecule has 1 atom stereocenters. The number of nitrogen functional groups attached to an aromatic ring is 1. The summed E-state index contributed by atoms with van der Waals surface area (Å²) in [6.07, 6.45) is 6.94. The van der Waals surface area contributed by atoms with E-state index in [-0.39, 0.29) is 0 Å². The number of nitrogens with one attached hydrogen (secondary N) is 1. The van der Waals surface area contributed by atoms with Crippen LogP contribution in [0.5, 0.6) is 0 Å². The number of nitriles is 1. The Kier molecular flexibility index (Phi) is 8.00. The number of pyridine rings is 1. The quantitative estimate of drug-likeness (QED) is 0.464. The number of hydrogen-bond acceptors (Lipinski definition) is 4. The minimum absolute atomic E-state index is 0.329. The Bertz CT molecular complexity index is 956. The third-order valence-corrected chi connectivity index (χ3v) is 5.48. The monoisotopic (exact) mass is 398 g/mol. The van der Waals surface area contributed by atoms with E-state index in [0.717, 1.165) is 44.2 Å². The van der Waals surface area contributed by atoms with E-state index in [2.05, 4.69) is 53.6 Å². The molecule has 0 unspecified atom stereocenters. The second-order valence-corrected chi connectivity index (χ2v) is 7.77. The molecule has 0 fully saturated rings. The molecular weight excluding hydrogens is 368 g/mol. The van der Waals surface area contributed by atoms with E-state index in [4.69, 9.17) is 11.0 Å². The summed E-state index contributed by atoms with van der Waals surface area (Å²) < 4.78 is 0. The van der Waals surface area contributed by atoms with Gasteiger partial charge in [-0.3, -0.25) is 0 Å². The zero-order chi connectivity index (χ0) is 21.2. The van der Waals surface area contributed by atoms with E-state index >= 15 is 0 Å². The lowest BCUT2D eigenvalue weighted by Gasteiger charge is -2.20. The zero-order valence-corrected chi connectivity index (χ0v) is 17.6. The molecule has 4 heteroatoms. The molecule has 0 saturated heterocycles. The topological polar surface area (TPSA) is 74.7 Å². The van der Waals surface area contributed by atoms with Gasteiger partial charge in [-0.15, -0.1) is 0 Å². The first-order chi connectivity index (χ1) is 14.7. The second-order valence-electron chi connectivity index (χ2n) is 7.77. The van der Waals surface area contributed by atoms with E-state index in [1.165, 1.54) is 16.7 Å². The smallest absolute Gasteiger partial charge is 0.126 e. The van der Waals surface area contributed by atoms with Gasteiger partial charge in [0.15, 0.2) is 0 Å². The highest BCUT2D eigenvalue weighted by Crippen LogP contribution is 2.21. The molecule has 0 amide bonds. The Hall–Kier alpha value is -3.16. The fraction of sp³-hybridized carbons (Fsp3) is 0.308. The molecule has 0 bridgehead atoms. The van der Waals surface area contributed by atoms with Gasteiger partial charge in [-0.1, -0.05) is 54.4 Å². The normalized spacial score (nSPS) is 11.7. The number of nitrogens with zero attached hydrogens (tertiary/aromatic N) is 2. The fourth-order valence-corrected chi connectivity index (χ4v) is 3.65. The number of nitrogens with two attached hydrogens (primary N) is 1. The van der Waals surface area contributed by atoms with E-state index in [0.29, 0.717) is 17.4 Å². The Balaban J connectivity index is 1.54. The van der Waals surface area contributed by atoms with Gasteiger partial charge in [0, 0.05) is 12.2 Å². The van der Waals surface area contributed by atoms with Crippen molar-refractivity contribution < 1.29 is 0 Å². The minimum atomic E-state index is 0.329. The summed E-state index contributed by atoms with van der Waals surface area (Å²) in [6, 6.07) is 23.2. The third kappa shape index (κ3) is 6.43. The molecule has 0 spiro atoms. The molecule has 154 valence electrons. The molecule has 1 heterocycles. The van der Waals surface area contributed by atoms with Crippen LogP contribution in [0.3, 0.4) is 0 Å². The molecule has 0 aliphatic heterocycles. The Morgan fingerprint density at radius 1 is 1.00 bits per heavy atom. The van der Waals surface area contributed by atoms with Crippen molar-refractivity contribution in [2.45, 2.75) is 45.1 Å². The van der Waals surface area contributed by atoms with Gasteiger partial charge in [0.2, 0.25) is 0 Å². The van der Waals surface area contributed by atoms with E-state index < -0.39 is 0 Å². The molecule has 0 radical (unpaired) electrons. The highest BCUT2D eigenvalue weighted by atomic mass is 14.9. The molecule has 3 rings (SSSR count). The van der Waals surface area contributed by atoms with Gasteiger partial charge in [0.25, 0.3) is 0 Å². The average molecular weight is 399 g/mol. The van der Waals surface area contributed by atoms with Crippen LogP contribution < -0.4 is 11.1 Å². The summed E-state index contributed by atoms with van der Waals surface area (Å²) in [6.45, 7) is 3.02. The second kappa shape index (κ2) is 11.1. The van der Waals surface area contributed by atoms with Crippen LogP contribution in [0, 0.1) is 18.3 Å². The van der Waals surface area contributed by atoms with E-state index in [1.54, 1.807) is 6.20 Å². The standard InChI is InChI=1S/C26H30N4/c1-20-8-14-23(15-9-20)25(7-3-2-5-24-6-4-17-30-26(24)28)29-18-16-21-10-12-22(19-27)13-11-21/h4,6,8-15,17,25,29H,2-3,5,7,16,18H2,1H3,(H2,28,30)/t25-/m1/s1. The van der Waals surface area contributed by atoms with Crippen LogP contribution >= 0.6 is 0 Å². The Labute approximate surface area is 179 Å². The first-order valence-electron chi connectivity index (χ1n) is 10.6. The number of hydrogen-bond donors (Lipinski definition) is 2. The predicted octanol–water partition coefficient (Wildman–Crippen LogP) is 5.13. The lowest BCUT2D eigenvalue weighted by molar-refractivity contribution is 0.479. The molecule has 0 aliphatic rings. The van der Waals surface area contributed by atoms with Crippen molar-refractivity contribution >= 4 is 5.82 Å². The lowest BCUT2D eigenvalue weighted by atomic mass is 9.98. The van der Waals surface area contributed by atoms with Crippen LogP contribution in [-0.2, 0) is 12.8 Å². The number of aromatic nitrogens is 1. The van der Waals surface area contributed by atoms with Gasteiger partial charge >= 0.3 is 0 Å². The van der Waals surface area contributed by atoms with Crippen molar-refractivity contribution in [3.63, 3.8) is 0 Å². The van der Waals surface area contributed by atoms with Gasteiger partial charge in [-0.2, -0.15) is 5.26 Å². The number of unbranched alkanes of at least 4 members (excludes halogenated alkanes) is 1. The van der Waals surface area contributed by atoms with Crippen molar-refractivity contribution in [3.8, 4) is 6.07 Å². The van der Waals surface area contributed by atoms with Gasteiger partial charge in [0.05, 0.1) is 11.6 Å². The molecule has 3 aromatic rings. The molecule has 1 aromatic heterocycles. The lowest BCUT2D eigenvalue weighted by Crippen LogP contribution is -2.24.